The second kappa shape index (κ2) is 6.25. The Morgan fingerprint density at radius 2 is 2.15 bits per heavy atom. The number of aromatic nitrogens is 2. The highest BCUT2D eigenvalue weighted by atomic mass is 32.1. The lowest BCUT2D eigenvalue weighted by Crippen LogP contribution is -2.46. The molecule has 0 unspecified atom stereocenters. The average molecular weight is 365 g/mol. The van der Waals surface area contributed by atoms with Crippen LogP contribution in [0.15, 0.2) is 30.6 Å². The molecular weight excluding hydrogens is 346 g/mol. The summed E-state index contributed by atoms with van der Waals surface area (Å²) in [5, 5.41) is 7.51. The standard InChI is InChI=1S/C19H19N5OS/c25-19-20-8-3-9-24(19)13-5-1-4-12(10-13)23-17-16-14-6-2-7-15(14)26-18(16)22-11-21-17/h1,4-5,10-11H,2-3,6-9H2,(H,20,25)(H,21,22,23). The van der Waals surface area contributed by atoms with E-state index in [1.165, 1.54) is 16.9 Å². The topological polar surface area (TPSA) is 70.2 Å². The number of thiophene rings is 1. The van der Waals surface area contributed by atoms with Gasteiger partial charge in [0.2, 0.25) is 0 Å². The number of nitrogens with one attached hydrogen (secondary N) is 2. The molecular formula is C19H19N5OS. The number of rotatable bonds is 3. The first-order valence-electron chi connectivity index (χ1n) is 8.97. The van der Waals surface area contributed by atoms with E-state index in [4.69, 9.17) is 0 Å². The lowest BCUT2D eigenvalue weighted by Gasteiger charge is -2.27. The third kappa shape index (κ3) is 2.59. The van der Waals surface area contributed by atoms with Crippen molar-refractivity contribution in [3.05, 3.63) is 41.0 Å². The molecule has 2 aliphatic rings. The van der Waals surface area contributed by atoms with Gasteiger partial charge in [-0.1, -0.05) is 6.07 Å². The molecule has 132 valence electrons. The Morgan fingerprint density at radius 3 is 3.08 bits per heavy atom. The number of hydrogen-bond donors (Lipinski definition) is 2. The van der Waals surface area contributed by atoms with Crippen LogP contribution in [0, 0.1) is 0 Å². The fourth-order valence-electron chi connectivity index (χ4n) is 3.79. The van der Waals surface area contributed by atoms with Crippen molar-refractivity contribution in [2.45, 2.75) is 25.7 Å². The van der Waals surface area contributed by atoms with E-state index in [1.54, 1.807) is 22.6 Å². The van der Waals surface area contributed by atoms with Crippen molar-refractivity contribution in [1.29, 1.82) is 0 Å². The second-order valence-corrected chi connectivity index (χ2v) is 7.76. The Balaban J connectivity index is 1.50. The summed E-state index contributed by atoms with van der Waals surface area (Å²) in [5.41, 5.74) is 3.23. The van der Waals surface area contributed by atoms with E-state index in [9.17, 15) is 4.79 Å². The summed E-state index contributed by atoms with van der Waals surface area (Å²) >= 11 is 1.79. The van der Waals surface area contributed by atoms with Crippen molar-refractivity contribution in [3.8, 4) is 0 Å². The molecule has 1 fully saturated rings. The van der Waals surface area contributed by atoms with Crippen molar-refractivity contribution in [2.24, 2.45) is 0 Å². The lowest BCUT2D eigenvalue weighted by atomic mass is 10.2. The fraction of sp³-hybridized carbons (Fsp3) is 0.316. The molecule has 5 rings (SSSR count). The smallest absolute Gasteiger partial charge is 0.321 e. The van der Waals surface area contributed by atoms with Crippen molar-refractivity contribution >= 4 is 44.8 Å². The summed E-state index contributed by atoms with van der Waals surface area (Å²) in [4.78, 5) is 25.3. The minimum Gasteiger partial charge on any atom is -0.340 e. The lowest BCUT2D eigenvalue weighted by molar-refractivity contribution is 0.243. The van der Waals surface area contributed by atoms with E-state index in [2.05, 4.69) is 20.6 Å². The van der Waals surface area contributed by atoms with Gasteiger partial charge in [-0.3, -0.25) is 4.90 Å². The molecule has 1 aliphatic carbocycles. The number of nitrogens with zero attached hydrogens (tertiary/aromatic N) is 3. The SMILES string of the molecule is O=C1NCCCN1c1cccc(Nc2ncnc3sc4c(c23)CCC4)c1. The quantitative estimate of drug-likeness (QED) is 0.740. The van der Waals surface area contributed by atoms with E-state index in [0.717, 1.165) is 59.8 Å². The molecule has 2 aromatic heterocycles. The van der Waals surface area contributed by atoms with Gasteiger partial charge in [0.05, 0.1) is 5.39 Å². The number of urea groups is 1. The molecule has 0 atom stereocenters. The zero-order valence-electron chi connectivity index (χ0n) is 14.3. The summed E-state index contributed by atoms with van der Waals surface area (Å²) in [7, 11) is 0. The Morgan fingerprint density at radius 1 is 1.19 bits per heavy atom. The van der Waals surface area contributed by atoms with Crippen molar-refractivity contribution in [2.75, 3.05) is 23.3 Å². The predicted molar refractivity (Wildman–Crippen MR) is 105 cm³/mol. The van der Waals surface area contributed by atoms with Gasteiger partial charge in [0.15, 0.2) is 0 Å². The van der Waals surface area contributed by atoms with Gasteiger partial charge in [-0.15, -0.1) is 11.3 Å². The number of benzene rings is 1. The average Bonchev–Trinajstić information content (AvgIpc) is 3.23. The Bertz CT molecular complexity index is 999. The third-order valence-electron chi connectivity index (χ3n) is 5.00. The zero-order chi connectivity index (χ0) is 17.5. The van der Waals surface area contributed by atoms with Crippen LogP contribution in [0.3, 0.4) is 0 Å². The number of carbonyl (C=O) groups excluding carboxylic acids is 1. The normalized spacial score (nSPS) is 16.6. The van der Waals surface area contributed by atoms with Gasteiger partial charge < -0.3 is 10.6 Å². The minimum absolute atomic E-state index is 0.0338. The summed E-state index contributed by atoms with van der Waals surface area (Å²) in [6.45, 7) is 1.49. The number of hydrogen-bond acceptors (Lipinski definition) is 5. The van der Waals surface area contributed by atoms with Crippen molar-refractivity contribution in [1.82, 2.24) is 15.3 Å². The van der Waals surface area contributed by atoms with E-state index >= 15 is 0 Å². The first-order valence-corrected chi connectivity index (χ1v) is 9.79. The highest BCUT2D eigenvalue weighted by molar-refractivity contribution is 7.19. The number of amides is 2. The Kier molecular flexibility index (Phi) is 3.74. The van der Waals surface area contributed by atoms with Crippen LogP contribution < -0.4 is 15.5 Å². The van der Waals surface area contributed by atoms with Crippen LogP contribution in [-0.4, -0.2) is 29.1 Å². The van der Waals surface area contributed by atoms with Crippen LogP contribution in [0.4, 0.5) is 22.0 Å². The van der Waals surface area contributed by atoms with Gasteiger partial charge in [-0.05, 0) is 49.4 Å². The van der Waals surface area contributed by atoms with Crippen LogP contribution in [0.25, 0.3) is 10.2 Å². The monoisotopic (exact) mass is 365 g/mol. The van der Waals surface area contributed by atoms with Crippen LogP contribution in [-0.2, 0) is 12.8 Å². The highest BCUT2D eigenvalue weighted by Gasteiger charge is 2.22. The molecule has 3 aromatic rings. The van der Waals surface area contributed by atoms with E-state index in [1.807, 2.05) is 24.3 Å². The first-order chi connectivity index (χ1) is 12.8. The second-order valence-electron chi connectivity index (χ2n) is 6.67. The number of carbonyl (C=O) groups is 1. The molecule has 1 aromatic carbocycles. The van der Waals surface area contributed by atoms with Crippen LogP contribution in [0.1, 0.15) is 23.3 Å². The van der Waals surface area contributed by atoms with E-state index in [-0.39, 0.29) is 6.03 Å². The summed E-state index contributed by atoms with van der Waals surface area (Å²) < 4.78 is 0. The maximum Gasteiger partial charge on any atom is 0.321 e. The molecule has 6 nitrogen and oxygen atoms in total. The van der Waals surface area contributed by atoms with E-state index in [0.29, 0.717) is 0 Å². The van der Waals surface area contributed by atoms with Gasteiger partial charge in [-0.25, -0.2) is 14.8 Å². The number of fused-ring (bicyclic) bond motifs is 3. The molecule has 3 heterocycles. The van der Waals surface area contributed by atoms with Gasteiger partial charge in [0, 0.05) is 29.3 Å². The summed E-state index contributed by atoms with van der Waals surface area (Å²) in [6, 6.07) is 7.91. The van der Waals surface area contributed by atoms with Gasteiger partial charge in [0.25, 0.3) is 0 Å². The molecule has 7 heteroatoms. The molecule has 0 radical (unpaired) electrons. The third-order valence-corrected chi connectivity index (χ3v) is 6.20. The van der Waals surface area contributed by atoms with E-state index < -0.39 is 0 Å². The molecule has 1 aliphatic heterocycles. The molecule has 0 bridgehead atoms. The van der Waals surface area contributed by atoms with Crippen LogP contribution in [0.5, 0.6) is 0 Å². The molecule has 0 saturated carbocycles. The Labute approximate surface area is 155 Å². The van der Waals surface area contributed by atoms with Crippen LogP contribution in [0.2, 0.25) is 0 Å². The predicted octanol–water partition coefficient (Wildman–Crippen LogP) is 3.84. The molecule has 1 saturated heterocycles. The molecule has 2 N–H and O–H groups in total. The first kappa shape index (κ1) is 15.6. The van der Waals surface area contributed by atoms with Gasteiger partial charge in [0.1, 0.15) is 17.0 Å². The minimum atomic E-state index is -0.0338. The maximum absolute atomic E-state index is 12.1. The molecule has 0 spiro atoms. The zero-order valence-corrected chi connectivity index (χ0v) is 15.1. The summed E-state index contributed by atoms with van der Waals surface area (Å²) in [6.07, 6.45) is 6.04. The Hall–Kier alpha value is -2.67. The van der Waals surface area contributed by atoms with Crippen molar-refractivity contribution < 1.29 is 4.79 Å². The summed E-state index contributed by atoms with van der Waals surface area (Å²) in [5.74, 6) is 0.856. The van der Waals surface area contributed by atoms with Crippen molar-refractivity contribution in [3.63, 3.8) is 0 Å². The number of anilines is 3. The van der Waals surface area contributed by atoms with Crippen LogP contribution >= 0.6 is 11.3 Å². The maximum atomic E-state index is 12.1. The highest BCUT2D eigenvalue weighted by Crippen LogP contribution is 2.39. The fourth-order valence-corrected chi connectivity index (χ4v) is 5.02. The van der Waals surface area contributed by atoms with Gasteiger partial charge >= 0.3 is 6.03 Å². The number of aryl methyl sites for hydroxylation is 2. The van der Waals surface area contributed by atoms with Gasteiger partial charge in [-0.2, -0.15) is 0 Å². The molecule has 26 heavy (non-hydrogen) atoms. The largest absolute Gasteiger partial charge is 0.340 e. The molecule has 2 amide bonds.